The molecule has 1 aliphatic heterocycles. The molecule has 3 rings (SSSR count). The summed E-state index contributed by atoms with van der Waals surface area (Å²) in [6.45, 7) is 0.957. The molecule has 1 aromatic carbocycles. The van der Waals surface area contributed by atoms with E-state index in [1.54, 1.807) is 0 Å². The minimum Gasteiger partial charge on any atom is -0.375 e. The maximum Gasteiger partial charge on any atom is 0.0695 e. The molecule has 1 heteroatoms. The molecule has 94 valence electrons. The first-order valence-corrected chi connectivity index (χ1v) is 7.07. The molecule has 0 bridgehead atoms. The van der Waals surface area contributed by atoms with Crippen molar-refractivity contribution in [2.24, 2.45) is 5.92 Å². The number of hydrogen-bond acceptors (Lipinski definition) is 1. The van der Waals surface area contributed by atoms with Gasteiger partial charge in [0.25, 0.3) is 0 Å². The third-order valence-corrected chi connectivity index (χ3v) is 4.18. The minimum absolute atomic E-state index is 0.189. The van der Waals surface area contributed by atoms with Gasteiger partial charge in [0.05, 0.1) is 5.60 Å². The van der Waals surface area contributed by atoms with Crippen molar-refractivity contribution in [2.45, 2.75) is 44.1 Å². The highest BCUT2D eigenvalue weighted by atomic mass is 16.5. The molecule has 1 aromatic rings. The fraction of sp³-hybridized carbons (Fsp3) is 0.529. The lowest BCUT2D eigenvalue weighted by Crippen LogP contribution is -2.34. The van der Waals surface area contributed by atoms with Gasteiger partial charge in [0.15, 0.2) is 0 Å². The maximum atomic E-state index is 6.00. The van der Waals surface area contributed by atoms with Gasteiger partial charge in [0.2, 0.25) is 0 Å². The quantitative estimate of drug-likeness (QED) is 0.627. The van der Waals surface area contributed by atoms with E-state index in [1.807, 2.05) is 18.2 Å². The molecule has 1 saturated carbocycles. The molecule has 0 aromatic heterocycles. The van der Waals surface area contributed by atoms with Gasteiger partial charge in [-0.15, -0.1) is 0 Å². The van der Waals surface area contributed by atoms with E-state index in [-0.39, 0.29) is 5.60 Å². The first kappa shape index (κ1) is 11.8. The number of hydrogen-bond donors (Lipinski definition) is 0. The van der Waals surface area contributed by atoms with Gasteiger partial charge in [-0.2, -0.15) is 0 Å². The van der Waals surface area contributed by atoms with E-state index in [0.717, 1.165) is 18.6 Å². The average Bonchev–Trinajstić information content (AvgIpc) is 2.86. The molecule has 1 heterocycles. The Morgan fingerprint density at radius 2 is 1.94 bits per heavy atom. The van der Waals surface area contributed by atoms with Crippen LogP contribution in [0.15, 0.2) is 30.3 Å². The summed E-state index contributed by atoms with van der Waals surface area (Å²) >= 11 is 0. The molecule has 1 saturated heterocycles. The van der Waals surface area contributed by atoms with E-state index in [0.29, 0.717) is 5.92 Å². The van der Waals surface area contributed by atoms with Crippen LogP contribution in [0.3, 0.4) is 0 Å². The smallest absolute Gasteiger partial charge is 0.0695 e. The predicted molar refractivity (Wildman–Crippen MR) is 73.2 cm³/mol. The maximum absolute atomic E-state index is 6.00. The zero-order valence-electron chi connectivity index (χ0n) is 10.8. The SMILES string of the molecule is C(#C[C@@H]1CCC[C@]2(CCCO2)C1)c1ccccc1. The third-order valence-electron chi connectivity index (χ3n) is 4.18. The Kier molecular flexibility index (Phi) is 3.39. The zero-order valence-corrected chi connectivity index (χ0v) is 10.8. The molecule has 0 amide bonds. The lowest BCUT2D eigenvalue weighted by atomic mass is 9.77. The van der Waals surface area contributed by atoms with Crippen molar-refractivity contribution in [1.82, 2.24) is 0 Å². The first-order valence-electron chi connectivity index (χ1n) is 7.07. The van der Waals surface area contributed by atoms with Crippen LogP contribution in [-0.4, -0.2) is 12.2 Å². The molecular weight excluding hydrogens is 220 g/mol. The minimum atomic E-state index is 0.189. The second kappa shape index (κ2) is 5.16. The molecule has 2 fully saturated rings. The van der Waals surface area contributed by atoms with E-state index in [2.05, 4.69) is 24.0 Å². The van der Waals surface area contributed by atoms with Crippen LogP contribution in [0.5, 0.6) is 0 Å². The second-order valence-corrected chi connectivity index (χ2v) is 5.56. The molecule has 2 atom stereocenters. The molecule has 1 spiro atoms. The van der Waals surface area contributed by atoms with Crippen molar-refractivity contribution in [3.63, 3.8) is 0 Å². The Balaban J connectivity index is 1.68. The van der Waals surface area contributed by atoms with Crippen LogP contribution in [0.25, 0.3) is 0 Å². The Morgan fingerprint density at radius 1 is 1.11 bits per heavy atom. The molecular formula is C17H20O. The van der Waals surface area contributed by atoms with Crippen LogP contribution in [0, 0.1) is 17.8 Å². The summed E-state index contributed by atoms with van der Waals surface area (Å²) < 4.78 is 6.00. The second-order valence-electron chi connectivity index (χ2n) is 5.56. The Labute approximate surface area is 110 Å². The summed E-state index contributed by atoms with van der Waals surface area (Å²) in [6.07, 6.45) is 7.39. The Bertz CT molecular complexity index is 445. The van der Waals surface area contributed by atoms with Gasteiger partial charge >= 0.3 is 0 Å². The van der Waals surface area contributed by atoms with Crippen molar-refractivity contribution in [1.29, 1.82) is 0 Å². The molecule has 0 N–H and O–H groups in total. The summed E-state index contributed by atoms with van der Waals surface area (Å²) in [6, 6.07) is 10.3. The first-order chi connectivity index (χ1) is 8.86. The Hall–Kier alpha value is -1.26. The van der Waals surface area contributed by atoms with Crippen molar-refractivity contribution >= 4 is 0 Å². The van der Waals surface area contributed by atoms with E-state index < -0.39 is 0 Å². The molecule has 0 radical (unpaired) electrons. The van der Waals surface area contributed by atoms with Gasteiger partial charge < -0.3 is 4.74 Å². The monoisotopic (exact) mass is 240 g/mol. The summed E-state index contributed by atoms with van der Waals surface area (Å²) in [5.41, 5.74) is 1.32. The van der Waals surface area contributed by atoms with E-state index in [1.165, 1.54) is 32.1 Å². The summed E-state index contributed by atoms with van der Waals surface area (Å²) in [5.74, 6) is 7.30. The lowest BCUT2D eigenvalue weighted by molar-refractivity contribution is -0.0331. The summed E-state index contributed by atoms with van der Waals surface area (Å²) in [4.78, 5) is 0. The fourth-order valence-electron chi connectivity index (χ4n) is 3.27. The fourth-order valence-corrected chi connectivity index (χ4v) is 3.27. The number of rotatable bonds is 0. The molecule has 1 nitrogen and oxygen atoms in total. The van der Waals surface area contributed by atoms with Crippen LogP contribution in [0.1, 0.15) is 44.1 Å². The Morgan fingerprint density at radius 3 is 2.72 bits per heavy atom. The summed E-state index contributed by atoms with van der Waals surface area (Å²) in [5, 5.41) is 0. The van der Waals surface area contributed by atoms with Crippen LogP contribution in [0.2, 0.25) is 0 Å². The average molecular weight is 240 g/mol. The highest BCUT2D eigenvalue weighted by Crippen LogP contribution is 2.41. The van der Waals surface area contributed by atoms with Crippen molar-refractivity contribution in [3.05, 3.63) is 35.9 Å². The zero-order chi connectivity index (χ0) is 12.3. The van der Waals surface area contributed by atoms with Crippen LogP contribution >= 0.6 is 0 Å². The third kappa shape index (κ3) is 2.60. The van der Waals surface area contributed by atoms with Gasteiger partial charge in [-0.25, -0.2) is 0 Å². The van der Waals surface area contributed by atoms with Gasteiger partial charge in [-0.05, 0) is 50.7 Å². The van der Waals surface area contributed by atoms with Crippen LogP contribution in [-0.2, 0) is 4.74 Å². The van der Waals surface area contributed by atoms with Crippen molar-refractivity contribution in [3.8, 4) is 11.8 Å². The van der Waals surface area contributed by atoms with Crippen LogP contribution in [0.4, 0.5) is 0 Å². The number of ether oxygens (including phenoxy) is 1. The van der Waals surface area contributed by atoms with E-state index in [4.69, 9.17) is 4.74 Å². The van der Waals surface area contributed by atoms with Gasteiger partial charge in [-0.3, -0.25) is 0 Å². The summed E-state index contributed by atoms with van der Waals surface area (Å²) in [7, 11) is 0. The molecule has 0 unspecified atom stereocenters. The van der Waals surface area contributed by atoms with E-state index >= 15 is 0 Å². The normalized spacial score (nSPS) is 31.0. The van der Waals surface area contributed by atoms with Crippen molar-refractivity contribution in [2.75, 3.05) is 6.61 Å². The van der Waals surface area contributed by atoms with Gasteiger partial charge in [0.1, 0.15) is 0 Å². The molecule has 1 aliphatic carbocycles. The standard InChI is InChI=1S/C17H20O/c1-2-6-15(7-3-1)9-10-16-8-4-11-17(14-16)12-5-13-18-17/h1-3,6-7,16H,4-5,8,11-14H2/t16-,17-/m0/s1. The molecule has 18 heavy (non-hydrogen) atoms. The lowest BCUT2D eigenvalue weighted by Gasteiger charge is -2.35. The molecule has 2 aliphatic rings. The highest BCUT2D eigenvalue weighted by Gasteiger charge is 2.39. The number of benzene rings is 1. The predicted octanol–water partition coefficient (Wildman–Crippen LogP) is 3.78. The van der Waals surface area contributed by atoms with Crippen molar-refractivity contribution < 1.29 is 4.74 Å². The topological polar surface area (TPSA) is 9.23 Å². The van der Waals surface area contributed by atoms with Gasteiger partial charge in [-0.1, -0.05) is 30.0 Å². The van der Waals surface area contributed by atoms with Gasteiger partial charge in [0, 0.05) is 18.1 Å². The van der Waals surface area contributed by atoms with E-state index in [9.17, 15) is 0 Å². The van der Waals surface area contributed by atoms with Crippen LogP contribution < -0.4 is 0 Å². The largest absolute Gasteiger partial charge is 0.375 e. The highest BCUT2D eigenvalue weighted by molar-refractivity contribution is 5.34.